The Morgan fingerprint density at radius 3 is 2.90 bits per heavy atom. The minimum absolute atomic E-state index is 0.138. The van der Waals surface area contributed by atoms with Crippen LogP contribution < -0.4 is 5.32 Å². The second-order valence-corrected chi connectivity index (χ2v) is 5.76. The van der Waals surface area contributed by atoms with E-state index < -0.39 is 5.97 Å². The van der Waals surface area contributed by atoms with Gasteiger partial charge >= 0.3 is 5.97 Å². The molecule has 0 aliphatic carbocycles. The zero-order valence-corrected chi connectivity index (χ0v) is 13.0. The Bertz CT molecular complexity index is 614. The largest absolute Gasteiger partial charge is 0.468 e. The number of carbonyl (C=O) groups is 2. The van der Waals surface area contributed by atoms with Gasteiger partial charge in [0.05, 0.1) is 23.9 Å². The Kier molecular flexibility index (Phi) is 5.77. The fourth-order valence-corrected chi connectivity index (χ4v) is 3.18. The number of hydrogen-bond donors (Lipinski definition) is 1. The molecule has 0 fully saturated rings. The molecule has 5 nitrogen and oxygen atoms in total. The highest BCUT2D eigenvalue weighted by Crippen LogP contribution is 2.26. The van der Waals surface area contributed by atoms with Crippen LogP contribution in [0.5, 0.6) is 0 Å². The first-order valence-electron chi connectivity index (χ1n) is 6.14. The zero-order valence-electron chi connectivity index (χ0n) is 11.4. The maximum Gasteiger partial charge on any atom is 0.325 e. The third-order valence-electron chi connectivity index (χ3n) is 2.61. The lowest BCUT2D eigenvalue weighted by Crippen LogP contribution is -2.30. The van der Waals surface area contributed by atoms with E-state index in [1.54, 1.807) is 40.7 Å². The fraction of sp³-hybridized carbons (Fsp3) is 0.214. The first kappa shape index (κ1) is 15.5. The summed E-state index contributed by atoms with van der Waals surface area (Å²) in [7, 11) is 1.28. The molecule has 1 aromatic carbocycles. The van der Waals surface area contributed by atoms with Crippen LogP contribution in [0.2, 0.25) is 0 Å². The molecule has 1 amide bonds. The molecule has 1 heterocycles. The molecule has 7 heteroatoms. The van der Waals surface area contributed by atoms with Crippen molar-refractivity contribution in [1.82, 2.24) is 10.3 Å². The topological polar surface area (TPSA) is 68.3 Å². The molecule has 0 atom stereocenters. The number of benzene rings is 1. The van der Waals surface area contributed by atoms with Gasteiger partial charge in [-0.2, -0.15) is 0 Å². The van der Waals surface area contributed by atoms with E-state index in [0.29, 0.717) is 11.3 Å². The molecule has 0 bridgehead atoms. The summed E-state index contributed by atoms with van der Waals surface area (Å²) >= 11 is 3.08. The summed E-state index contributed by atoms with van der Waals surface area (Å²) in [6, 6.07) is 7.28. The van der Waals surface area contributed by atoms with Crippen LogP contribution in [0.3, 0.4) is 0 Å². The molecule has 0 aliphatic rings. The molecule has 110 valence electrons. The molecule has 1 N–H and O–H groups in total. The summed E-state index contributed by atoms with van der Waals surface area (Å²) in [5.41, 5.74) is 3.31. The molecule has 2 aromatic rings. The first-order chi connectivity index (χ1) is 10.2. The van der Waals surface area contributed by atoms with Crippen molar-refractivity contribution in [3.8, 4) is 0 Å². The highest BCUT2D eigenvalue weighted by Gasteiger charge is 2.13. The lowest BCUT2D eigenvalue weighted by Gasteiger charge is -2.08. The van der Waals surface area contributed by atoms with Gasteiger partial charge in [-0.05, 0) is 12.1 Å². The van der Waals surface area contributed by atoms with Crippen molar-refractivity contribution in [3.05, 3.63) is 46.4 Å². The van der Waals surface area contributed by atoms with Crippen molar-refractivity contribution < 1.29 is 14.3 Å². The molecule has 21 heavy (non-hydrogen) atoms. The van der Waals surface area contributed by atoms with Crippen LogP contribution in [-0.2, 0) is 15.3 Å². The Morgan fingerprint density at radius 1 is 1.38 bits per heavy atom. The number of esters is 1. The molecular weight excluding hydrogens is 308 g/mol. The van der Waals surface area contributed by atoms with Gasteiger partial charge in [0.1, 0.15) is 6.54 Å². The van der Waals surface area contributed by atoms with E-state index in [1.807, 2.05) is 17.5 Å². The van der Waals surface area contributed by atoms with E-state index in [-0.39, 0.29) is 12.5 Å². The summed E-state index contributed by atoms with van der Waals surface area (Å²) < 4.78 is 4.50. The lowest BCUT2D eigenvalue weighted by atomic mass is 10.2. The van der Waals surface area contributed by atoms with Crippen LogP contribution in [0.1, 0.15) is 16.1 Å². The molecular formula is C14H14N2O3S2. The zero-order chi connectivity index (χ0) is 15.1. The van der Waals surface area contributed by atoms with E-state index in [4.69, 9.17) is 0 Å². The monoisotopic (exact) mass is 322 g/mol. The fourth-order valence-electron chi connectivity index (χ4n) is 1.56. The molecule has 0 aliphatic heterocycles. The predicted octanol–water partition coefficient (Wildman–Crippen LogP) is 2.34. The number of carbonyl (C=O) groups excluding carboxylic acids is 2. The standard InChI is InChI=1S/C14H14N2O3S2/c1-19-13(17)6-15-14(18)11-4-2-3-5-12(11)21-8-10-7-20-9-16-10/h2-5,7,9H,6,8H2,1H3,(H,15,18). The van der Waals surface area contributed by atoms with Gasteiger partial charge in [-0.3, -0.25) is 9.59 Å². The van der Waals surface area contributed by atoms with E-state index in [0.717, 1.165) is 10.6 Å². The van der Waals surface area contributed by atoms with Crippen LogP contribution in [0.15, 0.2) is 40.1 Å². The number of rotatable bonds is 6. The van der Waals surface area contributed by atoms with Crippen LogP contribution >= 0.6 is 23.1 Å². The maximum absolute atomic E-state index is 12.1. The number of hydrogen-bond acceptors (Lipinski definition) is 6. The molecule has 2 rings (SSSR count). The third-order valence-corrected chi connectivity index (χ3v) is 4.35. The number of ether oxygens (including phenoxy) is 1. The van der Waals surface area contributed by atoms with Crippen molar-refractivity contribution in [2.45, 2.75) is 10.6 Å². The Hall–Kier alpha value is -1.86. The minimum Gasteiger partial charge on any atom is -0.468 e. The van der Waals surface area contributed by atoms with Gasteiger partial charge < -0.3 is 10.1 Å². The second-order valence-electron chi connectivity index (χ2n) is 4.02. The summed E-state index contributed by atoms with van der Waals surface area (Å²) in [5, 5.41) is 4.52. The Morgan fingerprint density at radius 2 is 2.19 bits per heavy atom. The molecule has 0 saturated heterocycles. The lowest BCUT2D eigenvalue weighted by molar-refractivity contribution is -0.139. The van der Waals surface area contributed by atoms with E-state index in [9.17, 15) is 9.59 Å². The highest BCUT2D eigenvalue weighted by molar-refractivity contribution is 7.98. The van der Waals surface area contributed by atoms with Gasteiger partial charge in [-0.15, -0.1) is 23.1 Å². The van der Waals surface area contributed by atoms with Crippen LogP contribution in [0.25, 0.3) is 0 Å². The van der Waals surface area contributed by atoms with Gasteiger partial charge in [0, 0.05) is 16.0 Å². The van der Waals surface area contributed by atoms with Crippen LogP contribution in [0, 0.1) is 0 Å². The van der Waals surface area contributed by atoms with Crippen LogP contribution in [-0.4, -0.2) is 30.5 Å². The number of amides is 1. The van der Waals surface area contributed by atoms with Gasteiger partial charge in [0.25, 0.3) is 5.91 Å². The van der Waals surface area contributed by atoms with Gasteiger partial charge in [0.15, 0.2) is 0 Å². The van der Waals surface area contributed by atoms with Gasteiger partial charge in [-0.25, -0.2) is 4.98 Å². The predicted molar refractivity (Wildman–Crippen MR) is 82.5 cm³/mol. The van der Waals surface area contributed by atoms with E-state index in [1.165, 1.54) is 7.11 Å². The van der Waals surface area contributed by atoms with Crippen molar-refractivity contribution in [1.29, 1.82) is 0 Å². The second kappa shape index (κ2) is 7.80. The maximum atomic E-state index is 12.1. The number of methoxy groups -OCH3 is 1. The Labute approximate surface area is 130 Å². The number of aromatic nitrogens is 1. The van der Waals surface area contributed by atoms with Crippen molar-refractivity contribution in [3.63, 3.8) is 0 Å². The van der Waals surface area contributed by atoms with Crippen molar-refractivity contribution in [2.24, 2.45) is 0 Å². The molecule has 0 spiro atoms. The normalized spacial score (nSPS) is 10.1. The molecule has 0 saturated carbocycles. The smallest absolute Gasteiger partial charge is 0.325 e. The van der Waals surface area contributed by atoms with Crippen molar-refractivity contribution >= 4 is 35.0 Å². The molecule has 1 aromatic heterocycles. The summed E-state index contributed by atoms with van der Waals surface area (Å²) in [5.74, 6) is -0.0668. The quantitative estimate of drug-likeness (QED) is 0.653. The number of nitrogens with zero attached hydrogens (tertiary/aromatic N) is 1. The summed E-state index contributed by atoms with van der Waals surface area (Å²) in [4.78, 5) is 28.2. The number of thiazole rings is 1. The summed E-state index contributed by atoms with van der Waals surface area (Å²) in [6.07, 6.45) is 0. The van der Waals surface area contributed by atoms with Gasteiger partial charge in [-0.1, -0.05) is 12.1 Å². The number of thioether (sulfide) groups is 1. The van der Waals surface area contributed by atoms with E-state index in [2.05, 4.69) is 15.0 Å². The average molecular weight is 322 g/mol. The highest BCUT2D eigenvalue weighted by atomic mass is 32.2. The van der Waals surface area contributed by atoms with Gasteiger partial charge in [0.2, 0.25) is 0 Å². The van der Waals surface area contributed by atoms with E-state index >= 15 is 0 Å². The van der Waals surface area contributed by atoms with Crippen molar-refractivity contribution in [2.75, 3.05) is 13.7 Å². The summed E-state index contributed by atoms with van der Waals surface area (Å²) in [6.45, 7) is -0.138. The SMILES string of the molecule is COC(=O)CNC(=O)c1ccccc1SCc1cscn1. The number of nitrogens with one attached hydrogen (secondary N) is 1. The third kappa shape index (κ3) is 4.57. The van der Waals surface area contributed by atoms with Crippen LogP contribution in [0.4, 0.5) is 0 Å². The first-order valence-corrected chi connectivity index (χ1v) is 8.07. The Balaban J connectivity index is 2.02. The molecule has 0 unspecified atom stereocenters. The minimum atomic E-state index is -0.476. The average Bonchev–Trinajstić information content (AvgIpc) is 3.04. The molecule has 0 radical (unpaired) electrons.